The molecule has 1 aliphatic heterocycles. The first kappa shape index (κ1) is 24.4. The van der Waals surface area contributed by atoms with Crippen molar-refractivity contribution in [2.75, 3.05) is 26.3 Å². The lowest BCUT2D eigenvalue weighted by Gasteiger charge is -2.33. The first-order chi connectivity index (χ1) is 16.7. The molecule has 1 aliphatic carbocycles. The minimum absolute atomic E-state index is 0.0501. The Bertz CT molecular complexity index is 1130. The first-order valence-electron chi connectivity index (χ1n) is 11.2. The van der Waals surface area contributed by atoms with Gasteiger partial charge in [0.05, 0.1) is 13.2 Å². The molecule has 10 heteroatoms. The summed E-state index contributed by atoms with van der Waals surface area (Å²) in [7, 11) is 0. The Hall–Kier alpha value is -3.76. The van der Waals surface area contributed by atoms with E-state index < -0.39 is 48.7 Å². The molecule has 10 nitrogen and oxygen atoms in total. The van der Waals surface area contributed by atoms with Crippen LogP contribution in [-0.4, -0.2) is 76.9 Å². The number of amides is 3. The molecule has 1 heterocycles. The molecular weight excluding hydrogens is 454 g/mol. The van der Waals surface area contributed by atoms with E-state index in [0.717, 1.165) is 27.2 Å². The Morgan fingerprint density at radius 2 is 1.66 bits per heavy atom. The molecule has 3 N–H and O–H groups in total. The van der Waals surface area contributed by atoms with Gasteiger partial charge in [-0.15, -0.1) is 0 Å². The zero-order valence-corrected chi connectivity index (χ0v) is 19.5. The minimum atomic E-state index is -1.25. The number of aliphatic carboxylic acids is 1. The summed E-state index contributed by atoms with van der Waals surface area (Å²) in [5.41, 5.74) is 8.33. The number of carbonyl (C=O) groups is 4. The van der Waals surface area contributed by atoms with Gasteiger partial charge in [0.1, 0.15) is 18.9 Å². The zero-order valence-electron chi connectivity index (χ0n) is 19.5. The molecule has 0 radical (unpaired) electrons. The van der Waals surface area contributed by atoms with Crippen molar-refractivity contribution in [3.8, 4) is 11.1 Å². The van der Waals surface area contributed by atoms with Crippen LogP contribution >= 0.6 is 0 Å². The van der Waals surface area contributed by atoms with Crippen LogP contribution in [0.1, 0.15) is 30.9 Å². The highest BCUT2D eigenvalue weighted by Gasteiger charge is 2.48. The summed E-state index contributed by atoms with van der Waals surface area (Å²) in [4.78, 5) is 51.7. The van der Waals surface area contributed by atoms with Crippen LogP contribution in [-0.2, 0) is 23.9 Å². The fraction of sp³-hybridized carbons (Fsp3) is 0.360. The van der Waals surface area contributed by atoms with E-state index in [9.17, 15) is 24.3 Å². The average Bonchev–Trinajstić information content (AvgIpc) is 3.34. The van der Waals surface area contributed by atoms with Crippen LogP contribution in [0.15, 0.2) is 48.5 Å². The number of hydrogen-bond acceptors (Lipinski definition) is 7. The summed E-state index contributed by atoms with van der Waals surface area (Å²) in [5.74, 6) is -3.07. The fourth-order valence-corrected chi connectivity index (χ4v) is 4.71. The number of carbonyl (C=O) groups excluding carboxylic acids is 3. The van der Waals surface area contributed by atoms with E-state index in [4.69, 9.17) is 15.2 Å². The van der Waals surface area contributed by atoms with E-state index >= 15 is 0 Å². The Labute approximate surface area is 202 Å². The van der Waals surface area contributed by atoms with E-state index in [1.165, 1.54) is 13.8 Å². The second-order valence-electron chi connectivity index (χ2n) is 8.86. The number of rotatable bonds is 6. The van der Waals surface area contributed by atoms with Gasteiger partial charge in [0.2, 0.25) is 11.8 Å². The maximum absolute atomic E-state index is 13.0. The number of carboxylic acid groups (broad SMARTS) is 1. The molecular formula is C25H27N3O7. The number of nitrogens with two attached hydrogens (primary N) is 1. The SMILES string of the molecule is CC1(C)OC[C@@H](C(=O)O)N1C(=O)CN(C(=O)CN)C(=O)OCC1c2ccccc2-c2ccccc21. The van der Waals surface area contributed by atoms with E-state index in [0.29, 0.717) is 4.90 Å². The highest BCUT2D eigenvalue weighted by molar-refractivity contribution is 5.98. The van der Waals surface area contributed by atoms with Crippen LogP contribution < -0.4 is 5.73 Å². The topological polar surface area (TPSA) is 139 Å². The van der Waals surface area contributed by atoms with Crippen molar-refractivity contribution in [2.24, 2.45) is 5.73 Å². The van der Waals surface area contributed by atoms with Crippen LogP contribution in [0.2, 0.25) is 0 Å². The Kier molecular flexibility index (Phi) is 6.60. The van der Waals surface area contributed by atoms with Crippen LogP contribution in [0.3, 0.4) is 0 Å². The molecule has 0 saturated carbocycles. The Morgan fingerprint density at radius 3 is 2.20 bits per heavy atom. The molecule has 0 unspecified atom stereocenters. The predicted molar refractivity (Wildman–Crippen MR) is 124 cm³/mol. The third-order valence-electron chi connectivity index (χ3n) is 6.37. The number of imide groups is 1. The average molecular weight is 482 g/mol. The minimum Gasteiger partial charge on any atom is -0.480 e. The lowest BCUT2D eigenvalue weighted by molar-refractivity contribution is -0.156. The van der Waals surface area contributed by atoms with Gasteiger partial charge in [-0.05, 0) is 36.1 Å². The molecule has 0 spiro atoms. The molecule has 0 bridgehead atoms. The molecule has 4 rings (SSSR count). The van der Waals surface area contributed by atoms with E-state index in [-0.39, 0.29) is 19.1 Å². The van der Waals surface area contributed by atoms with Gasteiger partial charge in [-0.1, -0.05) is 48.5 Å². The third-order valence-corrected chi connectivity index (χ3v) is 6.37. The molecule has 3 amide bonds. The highest BCUT2D eigenvalue weighted by Crippen LogP contribution is 2.44. The summed E-state index contributed by atoms with van der Waals surface area (Å²) < 4.78 is 10.9. The van der Waals surface area contributed by atoms with E-state index in [1.807, 2.05) is 48.5 Å². The smallest absolute Gasteiger partial charge is 0.417 e. The molecule has 35 heavy (non-hydrogen) atoms. The molecule has 2 aromatic carbocycles. The maximum atomic E-state index is 13.0. The van der Waals surface area contributed by atoms with Crippen molar-refractivity contribution in [3.05, 3.63) is 59.7 Å². The molecule has 0 aromatic heterocycles. The standard InChI is InChI=1S/C25H27N3O7/c1-25(2)28(20(14-35-25)23(31)32)22(30)12-27(21(29)11-26)24(33)34-13-19-17-9-5-3-7-15(17)16-8-4-6-10-18(16)19/h3-10,19-20H,11-14,26H2,1-2H3,(H,31,32)/t20-/m0/s1. The zero-order chi connectivity index (χ0) is 25.3. The predicted octanol–water partition coefficient (Wildman–Crippen LogP) is 1.77. The summed E-state index contributed by atoms with van der Waals surface area (Å²) in [6.45, 7) is 1.57. The monoisotopic (exact) mass is 481 g/mol. The summed E-state index contributed by atoms with van der Waals surface area (Å²) in [6, 6.07) is 14.4. The van der Waals surface area contributed by atoms with Gasteiger partial charge in [-0.25, -0.2) is 14.5 Å². The van der Waals surface area contributed by atoms with Crippen molar-refractivity contribution in [1.82, 2.24) is 9.80 Å². The first-order valence-corrected chi connectivity index (χ1v) is 11.2. The van der Waals surface area contributed by atoms with Crippen LogP contribution in [0.25, 0.3) is 11.1 Å². The number of ether oxygens (including phenoxy) is 2. The van der Waals surface area contributed by atoms with Gasteiger partial charge in [0, 0.05) is 5.92 Å². The normalized spacial score (nSPS) is 18.0. The van der Waals surface area contributed by atoms with Crippen molar-refractivity contribution in [3.63, 3.8) is 0 Å². The second kappa shape index (κ2) is 9.47. The van der Waals surface area contributed by atoms with Crippen LogP contribution in [0, 0.1) is 0 Å². The third kappa shape index (κ3) is 4.50. The summed E-state index contributed by atoms with van der Waals surface area (Å²) in [6.07, 6.45) is -1.03. The van der Waals surface area contributed by atoms with Crippen LogP contribution in [0.4, 0.5) is 4.79 Å². The quantitative estimate of drug-likeness (QED) is 0.636. The van der Waals surface area contributed by atoms with Crippen molar-refractivity contribution in [1.29, 1.82) is 0 Å². The molecule has 2 aromatic rings. The number of fused-ring (bicyclic) bond motifs is 3. The largest absolute Gasteiger partial charge is 0.480 e. The van der Waals surface area contributed by atoms with Crippen molar-refractivity contribution in [2.45, 2.75) is 31.5 Å². The molecule has 184 valence electrons. The van der Waals surface area contributed by atoms with Gasteiger partial charge in [-0.3, -0.25) is 14.5 Å². The Morgan fingerprint density at radius 1 is 1.09 bits per heavy atom. The number of benzene rings is 2. The maximum Gasteiger partial charge on any atom is 0.417 e. The van der Waals surface area contributed by atoms with Gasteiger partial charge in [-0.2, -0.15) is 0 Å². The summed E-state index contributed by atoms with van der Waals surface area (Å²) in [5, 5.41) is 9.46. The fourth-order valence-electron chi connectivity index (χ4n) is 4.71. The van der Waals surface area contributed by atoms with E-state index in [2.05, 4.69) is 0 Å². The van der Waals surface area contributed by atoms with Gasteiger partial charge >= 0.3 is 12.1 Å². The number of hydrogen-bond donors (Lipinski definition) is 2. The summed E-state index contributed by atoms with van der Waals surface area (Å²) >= 11 is 0. The highest BCUT2D eigenvalue weighted by atomic mass is 16.6. The molecule has 2 aliphatic rings. The molecule has 1 atom stereocenters. The molecule has 1 saturated heterocycles. The van der Waals surface area contributed by atoms with Crippen LogP contribution in [0.5, 0.6) is 0 Å². The van der Waals surface area contributed by atoms with E-state index in [1.54, 1.807) is 0 Å². The van der Waals surface area contributed by atoms with Crippen molar-refractivity contribution >= 4 is 23.9 Å². The lowest BCUT2D eigenvalue weighted by atomic mass is 9.98. The Balaban J connectivity index is 1.51. The number of carboxylic acids is 1. The lowest BCUT2D eigenvalue weighted by Crippen LogP contribution is -2.55. The second-order valence-corrected chi connectivity index (χ2v) is 8.86. The number of nitrogens with zero attached hydrogens (tertiary/aromatic N) is 2. The van der Waals surface area contributed by atoms with Gasteiger partial charge < -0.3 is 20.3 Å². The van der Waals surface area contributed by atoms with Gasteiger partial charge in [0.15, 0.2) is 6.04 Å². The molecule has 1 fully saturated rings. The van der Waals surface area contributed by atoms with Crippen molar-refractivity contribution < 1.29 is 33.8 Å². The van der Waals surface area contributed by atoms with Gasteiger partial charge in [0.25, 0.3) is 0 Å².